The van der Waals surface area contributed by atoms with Gasteiger partial charge >= 0.3 is 0 Å². The number of pyridine rings is 1. The zero-order valence-electron chi connectivity index (χ0n) is 26.8. The molecule has 0 bridgehead atoms. The van der Waals surface area contributed by atoms with Crippen molar-refractivity contribution in [2.45, 2.75) is 90.0 Å². The molecule has 236 valence electrons. The number of hydrogen-bond donors (Lipinski definition) is 0. The molecule has 3 fully saturated rings. The number of nitrogens with zero attached hydrogens (tertiary/aromatic N) is 3. The summed E-state index contributed by atoms with van der Waals surface area (Å²) in [5, 5.41) is 11.6. The SMILES string of the molecule is Cc1cnccc1/C=C/[C@@H](C)[C@H]1CC[C@H]2C3=CC[C@H]4C[C@H](N(C)S(=O)(=O)c5ccccc5[N+](=O)[O-])CC[C@]4(C)[C@H]3CC[C@]12C. The van der Waals surface area contributed by atoms with E-state index in [0.717, 1.165) is 25.7 Å². The zero-order chi connectivity index (χ0) is 31.4. The van der Waals surface area contributed by atoms with Crippen LogP contribution in [-0.4, -0.2) is 35.7 Å². The van der Waals surface area contributed by atoms with Crippen LogP contribution < -0.4 is 0 Å². The van der Waals surface area contributed by atoms with Crippen molar-refractivity contribution in [2.24, 2.45) is 40.4 Å². The molecule has 6 rings (SSSR count). The second kappa shape index (κ2) is 11.5. The van der Waals surface area contributed by atoms with Crippen LogP contribution in [0, 0.1) is 57.5 Å². The molecule has 2 aromatic rings. The number of nitro groups is 1. The highest BCUT2D eigenvalue weighted by atomic mass is 32.2. The maximum Gasteiger partial charge on any atom is 0.289 e. The first-order chi connectivity index (χ1) is 20.9. The number of hydrogen-bond acceptors (Lipinski definition) is 5. The smallest absolute Gasteiger partial charge is 0.264 e. The van der Waals surface area contributed by atoms with Gasteiger partial charge in [-0.2, -0.15) is 4.31 Å². The Labute approximate surface area is 263 Å². The summed E-state index contributed by atoms with van der Waals surface area (Å²) in [7, 11) is -2.38. The van der Waals surface area contributed by atoms with Gasteiger partial charge in [0.2, 0.25) is 10.0 Å². The molecule has 44 heavy (non-hydrogen) atoms. The van der Waals surface area contributed by atoms with Gasteiger partial charge in [0.1, 0.15) is 0 Å². The highest BCUT2D eigenvalue weighted by Crippen LogP contribution is 2.67. The lowest BCUT2D eigenvalue weighted by atomic mass is 9.47. The van der Waals surface area contributed by atoms with Crippen LogP contribution in [0.15, 0.2) is 65.3 Å². The highest BCUT2D eigenvalue weighted by Gasteiger charge is 2.58. The topological polar surface area (TPSA) is 93.4 Å². The molecule has 0 unspecified atom stereocenters. The van der Waals surface area contributed by atoms with E-state index in [4.69, 9.17) is 0 Å². The lowest BCUT2D eigenvalue weighted by Gasteiger charge is -2.58. The zero-order valence-corrected chi connectivity index (χ0v) is 27.6. The van der Waals surface area contributed by atoms with Crippen LogP contribution in [0.4, 0.5) is 5.69 Å². The Morgan fingerprint density at radius 1 is 1.07 bits per heavy atom. The van der Waals surface area contributed by atoms with Crippen LogP contribution in [0.25, 0.3) is 6.08 Å². The van der Waals surface area contributed by atoms with E-state index in [1.165, 1.54) is 59.3 Å². The number of nitro benzene ring substituents is 1. The molecule has 0 spiro atoms. The molecule has 7 nitrogen and oxygen atoms in total. The third-order valence-corrected chi connectivity index (χ3v) is 14.6. The van der Waals surface area contributed by atoms with E-state index in [-0.39, 0.29) is 22.0 Å². The summed E-state index contributed by atoms with van der Waals surface area (Å²) < 4.78 is 28.7. The van der Waals surface area contributed by atoms with Crippen LogP contribution >= 0.6 is 0 Å². The number of para-hydroxylation sites is 1. The van der Waals surface area contributed by atoms with Crippen molar-refractivity contribution in [1.82, 2.24) is 9.29 Å². The van der Waals surface area contributed by atoms with Crippen LogP contribution in [0.3, 0.4) is 0 Å². The molecule has 8 atom stereocenters. The molecule has 1 aromatic heterocycles. The molecule has 1 heterocycles. The van der Waals surface area contributed by atoms with Gasteiger partial charge in [0, 0.05) is 31.5 Å². The van der Waals surface area contributed by atoms with E-state index in [1.54, 1.807) is 18.7 Å². The van der Waals surface area contributed by atoms with Crippen molar-refractivity contribution in [3.63, 3.8) is 0 Å². The predicted molar refractivity (Wildman–Crippen MR) is 174 cm³/mol. The summed E-state index contributed by atoms with van der Waals surface area (Å²) in [6, 6.07) is 7.64. The lowest BCUT2D eigenvalue weighted by Crippen LogP contribution is -2.52. The Morgan fingerprint density at radius 2 is 1.80 bits per heavy atom. The average molecular weight is 618 g/mol. The van der Waals surface area contributed by atoms with Crippen LogP contribution in [-0.2, 0) is 10.0 Å². The molecule has 0 saturated heterocycles. The molecule has 3 saturated carbocycles. The fourth-order valence-electron chi connectivity index (χ4n) is 9.96. The van der Waals surface area contributed by atoms with Crippen molar-refractivity contribution in [1.29, 1.82) is 0 Å². The van der Waals surface area contributed by atoms with Gasteiger partial charge in [-0.05, 0) is 122 Å². The van der Waals surface area contributed by atoms with Crippen LogP contribution in [0.2, 0.25) is 0 Å². The Morgan fingerprint density at radius 3 is 2.55 bits per heavy atom. The maximum absolute atomic E-state index is 13.6. The third kappa shape index (κ3) is 5.06. The number of allylic oxidation sites excluding steroid dienone is 3. The molecular weight excluding hydrogens is 570 g/mol. The summed E-state index contributed by atoms with van der Waals surface area (Å²) in [4.78, 5) is 15.0. The fourth-order valence-corrected chi connectivity index (χ4v) is 11.5. The Hall–Kier alpha value is -2.84. The Kier molecular flexibility index (Phi) is 8.15. The van der Waals surface area contributed by atoms with Crippen molar-refractivity contribution >= 4 is 21.8 Å². The summed E-state index contributed by atoms with van der Waals surface area (Å²) in [5.41, 5.74) is 4.26. The molecule has 8 heteroatoms. The minimum Gasteiger partial charge on any atom is -0.264 e. The number of aryl methyl sites for hydroxylation is 1. The van der Waals surface area contributed by atoms with E-state index in [0.29, 0.717) is 35.0 Å². The van der Waals surface area contributed by atoms with Gasteiger partial charge in [-0.15, -0.1) is 0 Å². The minimum absolute atomic E-state index is 0.158. The van der Waals surface area contributed by atoms with Crippen LogP contribution in [0.5, 0.6) is 0 Å². The first-order valence-corrected chi connectivity index (χ1v) is 17.8. The van der Waals surface area contributed by atoms with Gasteiger partial charge in [-0.1, -0.05) is 56.7 Å². The summed E-state index contributed by atoms with van der Waals surface area (Å²) in [6.45, 7) is 9.55. The van der Waals surface area contributed by atoms with Gasteiger partial charge in [-0.3, -0.25) is 15.1 Å². The number of fused-ring (bicyclic) bond motifs is 5. The van der Waals surface area contributed by atoms with Crippen molar-refractivity contribution in [2.75, 3.05) is 7.05 Å². The normalized spacial score (nSPS) is 34.2. The van der Waals surface area contributed by atoms with Crippen molar-refractivity contribution < 1.29 is 13.3 Å². The summed E-state index contributed by atoms with van der Waals surface area (Å²) >= 11 is 0. The lowest BCUT2D eigenvalue weighted by molar-refractivity contribution is -0.387. The van der Waals surface area contributed by atoms with E-state index in [1.807, 2.05) is 12.4 Å². The fraction of sp³-hybridized carbons (Fsp3) is 0.583. The molecule has 0 N–H and O–H groups in total. The second-order valence-electron chi connectivity index (χ2n) is 14.6. The highest BCUT2D eigenvalue weighted by molar-refractivity contribution is 7.89. The molecule has 1 aromatic carbocycles. The van der Waals surface area contributed by atoms with Gasteiger partial charge < -0.3 is 0 Å². The third-order valence-electron chi connectivity index (χ3n) is 12.6. The number of aromatic nitrogens is 1. The van der Waals surface area contributed by atoms with Gasteiger partial charge in [0.15, 0.2) is 4.90 Å². The van der Waals surface area contributed by atoms with E-state index in [9.17, 15) is 18.5 Å². The molecule has 4 aliphatic carbocycles. The minimum atomic E-state index is -3.99. The van der Waals surface area contributed by atoms with Crippen molar-refractivity contribution in [3.8, 4) is 0 Å². The first-order valence-electron chi connectivity index (χ1n) is 16.4. The van der Waals surface area contributed by atoms with Crippen molar-refractivity contribution in [3.05, 3.63) is 81.7 Å². The Bertz CT molecular complexity index is 1600. The van der Waals surface area contributed by atoms with E-state index in [2.05, 4.69) is 57.0 Å². The predicted octanol–water partition coefficient (Wildman–Crippen LogP) is 8.22. The van der Waals surface area contributed by atoms with Gasteiger partial charge in [0.25, 0.3) is 5.69 Å². The molecular formula is C36H47N3O4S. The number of benzene rings is 1. The largest absolute Gasteiger partial charge is 0.289 e. The second-order valence-corrected chi connectivity index (χ2v) is 16.6. The number of rotatable bonds is 7. The summed E-state index contributed by atoms with van der Waals surface area (Å²) in [6.07, 6.45) is 19.6. The number of sulfonamides is 1. The molecule has 0 aliphatic heterocycles. The van der Waals surface area contributed by atoms with Gasteiger partial charge in [-0.25, -0.2) is 8.42 Å². The maximum atomic E-state index is 13.6. The molecule has 4 aliphatic rings. The van der Waals surface area contributed by atoms with Crippen LogP contribution in [0.1, 0.15) is 83.3 Å². The van der Waals surface area contributed by atoms with E-state index >= 15 is 0 Å². The first kappa shape index (κ1) is 31.2. The monoisotopic (exact) mass is 617 g/mol. The van der Waals surface area contributed by atoms with E-state index < -0.39 is 14.9 Å². The van der Waals surface area contributed by atoms with Gasteiger partial charge in [0.05, 0.1) is 4.92 Å². The summed E-state index contributed by atoms with van der Waals surface area (Å²) in [5.74, 6) is 2.76. The average Bonchev–Trinajstić information content (AvgIpc) is 3.37. The molecule has 0 amide bonds. The standard InChI is InChI=1S/C36H47N3O4S/c1-24(10-11-26-18-21-37-23-25(26)2)30-14-15-31-29-13-12-27-22-28(16-19-35(27,3)32(29)17-20-36(30,31)4)38(5)44(42,43)34-9-7-6-8-33(34)39(40)41/h6-11,13,18,21,23-24,27-28,30-32H,12,14-17,19-20,22H2,1-5H3/b11-10+/t24-,27+,28-,30-,31+,32+,35+,36-/m1/s1. The quantitative estimate of drug-likeness (QED) is 0.177. The molecule has 0 radical (unpaired) electrons. The Balaban J connectivity index is 1.19.